The largest absolute Gasteiger partial charge is 0.310 e. The molecule has 0 atom stereocenters. The van der Waals surface area contributed by atoms with Gasteiger partial charge in [0.1, 0.15) is 0 Å². The molecule has 0 aliphatic carbocycles. The van der Waals surface area contributed by atoms with E-state index in [2.05, 4.69) is 35.3 Å². The first-order chi connectivity index (χ1) is 8.15. The molecule has 0 amide bonds. The normalized spacial score (nSPS) is 11.1. The quantitative estimate of drug-likeness (QED) is 0.874. The van der Waals surface area contributed by atoms with Crippen molar-refractivity contribution in [3.63, 3.8) is 0 Å². The van der Waals surface area contributed by atoms with Crippen molar-refractivity contribution in [2.45, 2.75) is 33.4 Å². The van der Waals surface area contributed by atoms with Gasteiger partial charge in [0, 0.05) is 25.0 Å². The average Bonchev–Trinajstić information content (AvgIpc) is 2.74. The van der Waals surface area contributed by atoms with Crippen molar-refractivity contribution in [3.8, 4) is 5.82 Å². The van der Waals surface area contributed by atoms with Gasteiger partial charge in [-0.1, -0.05) is 13.8 Å². The van der Waals surface area contributed by atoms with Gasteiger partial charge in [-0.3, -0.25) is 0 Å². The molecule has 0 bridgehead atoms. The van der Waals surface area contributed by atoms with E-state index in [0.29, 0.717) is 6.04 Å². The summed E-state index contributed by atoms with van der Waals surface area (Å²) in [4.78, 5) is 4.32. The van der Waals surface area contributed by atoms with E-state index >= 15 is 0 Å². The van der Waals surface area contributed by atoms with E-state index < -0.39 is 0 Å². The molecule has 0 aliphatic heterocycles. The lowest BCUT2D eigenvalue weighted by atomic mass is 10.2. The first-order valence-electron chi connectivity index (χ1n) is 5.86. The molecule has 4 nitrogen and oxygen atoms in total. The third-order valence-corrected chi connectivity index (χ3v) is 2.48. The molecule has 0 unspecified atom stereocenters. The minimum Gasteiger partial charge on any atom is -0.310 e. The summed E-state index contributed by atoms with van der Waals surface area (Å²) < 4.78 is 1.80. The molecule has 17 heavy (non-hydrogen) atoms. The van der Waals surface area contributed by atoms with Crippen molar-refractivity contribution in [2.24, 2.45) is 0 Å². The van der Waals surface area contributed by atoms with Gasteiger partial charge in [0.05, 0.1) is 5.69 Å². The number of aryl methyl sites for hydroxylation is 1. The van der Waals surface area contributed by atoms with Crippen LogP contribution in [0.25, 0.3) is 5.82 Å². The number of aromatic nitrogens is 3. The molecule has 0 aliphatic rings. The number of pyridine rings is 1. The Bertz CT molecular complexity index is 488. The topological polar surface area (TPSA) is 42.7 Å². The molecule has 2 aromatic rings. The van der Waals surface area contributed by atoms with Gasteiger partial charge in [0.2, 0.25) is 0 Å². The highest BCUT2D eigenvalue weighted by Gasteiger charge is 2.01. The van der Waals surface area contributed by atoms with E-state index in [1.807, 2.05) is 31.5 Å². The molecule has 2 heterocycles. The number of rotatable bonds is 4. The molecular weight excluding hydrogens is 212 g/mol. The van der Waals surface area contributed by atoms with Crippen molar-refractivity contribution in [2.75, 3.05) is 0 Å². The van der Waals surface area contributed by atoms with Crippen LogP contribution in [0.2, 0.25) is 0 Å². The lowest BCUT2D eigenvalue weighted by Crippen LogP contribution is -2.21. The zero-order chi connectivity index (χ0) is 12.3. The highest BCUT2D eigenvalue weighted by Crippen LogP contribution is 2.07. The fourth-order valence-electron chi connectivity index (χ4n) is 1.56. The Hall–Kier alpha value is -1.68. The second kappa shape index (κ2) is 5.10. The zero-order valence-corrected chi connectivity index (χ0v) is 10.5. The van der Waals surface area contributed by atoms with E-state index in [-0.39, 0.29) is 0 Å². The maximum Gasteiger partial charge on any atom is 0.153 e. The summed E-state index contributed by atoms with van der Waals surface area (Å²) in [7, 11) is 0. The standard InChI is InChI=1S/C13H18N4/c1-10(2)15-9-12-4-6-14-13(8-12)17-7-5-11(3)16-17/h4-8,10,15H,9H2,1-3H3. The predicted molar refractivity (Wildman–Crippen MR) is 68.1 cm³/mol. The van der Waals surface area contributed by atoms with Crippen LogP contribution < -0.4 is 5.32 Å². The summed E-state index contributed by atoms with van der Waals surface area (Å²) in [5.41, 5.74) is 2.22. The molecule has 0 saturated heterocycles. The average molecular weight is 230 g/mol. The minimum absolute atomic E-state index is 0.485. The predicted octanol–water partition coefficient (Wildman–Crippen LogP) is 2.07. The number of nitrogens with zero attached hydrogens (tertiary/aromatic N) is 3. The lowest BCUT2D eigenvalue weighted by molar-refractivity contribution is 0.588. The van der Waals surface area contributed by atoms with Crippen LogP contribution in [-0.4, -0.2) is 20.8 Å². The molecule has 2 aromatic heterocycles. The number of hydrogen-bond donors (Lipinski definition) is 1. The van der Waals surface area contributed by atoms with Gasteiger partial charge >= 0.3 is 0 Å². The van der Waals surface area contributed by atoms with Gasteiger partial charge in [-0.05, 0) is 30.7 Å². The Morgan fingerprint density at radius 1 is 1.35 bits per heavy atom. The van der Waals surface area contributed by atoms with E-state index in [1.54, 1.807) is 4.68 Å². The molecule has 1 N–H and O–H groups in total. The van der Waals surface area contributed by atoms with Crippen molar-refractivity contribution in [1.82, 2.24) is 20.1 Å². The van der Waals surface area contributed by atoms with E-state index in [1.165, 1.54) is 5.56 Å². The van der Waals surface area contributed by atoms with Crippen LogP contribution in [0.3, 0.4) is 0 Å². The van der Waals surface area contributed by atoms with Crippen LogP contribution in [0.5, 0.6) is 0 Å². The van der Waals surface area contributed by atoms with Crippen LogP contribution in [-0.2, 0) is 6.54 Å². The highest BCUT2D eigenvalue weighted by molar-refractivity contribution is 5.27. The summed E-state index contributed by atoms with van der Waals surface area (Å²) >= 11 is 0. The summed E-state index contributed by atoms with van der Waals surface area (Å²) in [6.07, 6.45) is 3.75. The monoisotopic (exact) mass is 230 g/mol. The van der Waals surface area contributed by atoms with Crippen LogP contribution in [0.15, 0.2) is 30.6 Å². The summed E-state index contributed by atoms with van der Waals surface area (Å²) in [5.74, 6) is 0.862. The molecule has 4 heteroatoms. The number of nitrogens with one attached hydrogen (secondary N) is 1. The Labute approximate surface area is 102 Å². The van der Waals surface area contributed by atoms with Gasteiger partial charge in [-0.2, -0.15) is 5.10 Å². The first kappa shape index (κ1) is 11.8. The van der Waals surface area contributed by atoms with Crippen LogP contribution >= 0.6 is 0 Å². The Morgan fingerprint density at radius 2 is 2.18 bits per heavy atom. The maximum absolute atomic E-state index is 4.35. The van der Waals surface area contributed by atoms with Gasteiger partial charge < -0.3 is 5.32 Å². The van der Waals surface area contributed by atoms with E-state index in [0.717, 1.165) is 18.1 Å². The fraction of sp³-hybridized carbons (Fsp3) is 0.385. The Kier molecular flexibility index (Phi) is 3.54. The van der Waals surface area contributed by atoms with Crippen LogP contribution in [0.4, 0.5) is 0 Å². The van der Waals surface area contributed by atoms with Crippen LogP contribution in [0.1, 0.15) is 25.1 Å². The first-order valence-corrected chi connectivity index (χ1v) is 5.86. The van der Waals surface area contributed by atoms with Crippen molar-refractivity contribution < 1.29 is 0 Å². The fourth-order valence-corrected chi connectivity index (χ4v) is 1.56. The molecule has 90 valence electrons. The molecular formula is C13H18N4. The maximum atomic E-state index is 4.35. The molecule has 0 aromatic carbocycles. The van der Waals surface area contributed by atoms with Crippen LogP contribution in [0, 0.1) is 6.92 Å². The molecule has 0 saturated carbocycles. The van der Waals surface area contributed by atoms with Gasteiger partial charge in [0.15, 0.2) is 5.82 Å². The van der Waals surface area contributed by atoms with Gasteiger partial charge in [-0.25, -0.2) is 9.67 Å². The van der Waals surface area contributed by atoms with E-state index in [9.17, 15) is 0 Å². The molecule has 0 radical (unpaired) electrons. The number of hydrogen-bond acceptors (Lipinski definition) is 3. The third kappa shape index (κ3) is 3.14. The second-order valence-electron chi connectivity index (χ2n) is 4.46. The summed E-state index contributed by atoms with van der Waals surface area (Å²) in [6, 6.07) is 6.54. The highest BCUT2D eigenvalue weighted by atomic mass is 15.3. The Balaban J connectivity index is 2.16. The third-order valence-electron chi connectivity index (χ3n) is 2.48. The lowest BCUT2D eigenvalue weighted by Gasteiger charge is -2.08. The molecule has 0 spiro atoms. The zero-order valence-electron chi connectivity index (χ0n) is 10.5. The van der Waals surface area contributed by atoms with Crippen molar-refractivity contribution >= 4 is 0 Å². The van der Waals surface area contributed by atoms with Crippen molar-refractivity contribution in [3.05, 3.63) is 41.9 Å². The molecule has 0 fully saturated rings. The van der Waals surface area contributed by atoms with E-state index in [4.69, 9.17) is 0 Å². The van der Waals surface area contributed by atoms with Gasteiger partial charge in [-0.15, -0.1) is 0 Å². The minimum atomic E-state index is 0.485. The van der Waals surface area contributed by atoms with Gasteiger partial charge in [0.25, 0.3) is 0 Å². The Morgan fingerprint density at radius 3 is 2.82 bits per heavy atom. The SMILES string of the molecule is Cc1ccn(-c2cc(CNC(C)C)ccn2)n1. The second-order valence-corrected chi connectivity index (χ2v) is 4.46. The summed E-state index contributed by atoms with van der Waals surface area (Å²) in [5, 5.41) is 7.74. The smallest absolute Gasteiger partial charge is 0.153 e. The van der Waals surface area contributed by atoms with Crippen molar-refractivity contribution in [1.29, 1.82) is 0 Å². The summed E-state index contributed by atoms with van der Waals surface area (Å²) in [6.45, 7) is 7.10. The molecule has 2 rings (SSSR count).